The number of carbonyl (C=O) groups excluding carboxylic acids is 3. The van der Waals surface area contributed by atoms with E-state index < -0.39 is 35.6 Å². The summed E-state index contributed by atoms with van der Waals surface area (Å²) in [4.78, 5) is 45.8. The lowest BCUT2D eigenvalue weighted by Crippen LogP contribution is -2.45. The lowest BCUT2D eigenvalue weighted by atomic mass is 9.93. The Hall–Kier alpha value is -4.54. The van der Waals surface area contributed by atoms with Gasteiger partial charge >= 0.3 is 0 Å². The molecule has 2 amide bonds. The van der Waals surface area contributed by atoms with Crippen LogP contribution in [0.3, 0.4) is 0 Å². The van der Waals surface area contributed by atoms with E-state index in [9.17, 15) is 24.6 Å². The molecule has 194 valence electrons. The Balaban J connectivity index is 1.52. The summed E-state index contributed by atoms with van der Waals surface area (Å²) in [6.07, 6.45) is 2.95. The third-order valence-electron chi connectivity index (χ3n) is 6.13. The molecule has 1 aliphatic rings. The third-order valence-corrected chi connectivity index (χ3v) is 6.13. The Labute approximate surface area is 212 Å². The Morgan fingerprint density at radius 2 is 1.84 bits per heavy atom. The number of hydrogen-bond donors (Lipinski definition) is 5. The van der Waals surface area contributed by atoms with Gasteiger partial charge < -0.3 is 30.3 Å². The number of aromatic nitrogens is 2. The zero-order chi connectivity index (χ0) is 26.7. The highest BCUT2D eigenvalue weighted by molar-refractivity contribution is 6.05. The smallest absolute Gasteiger partial charge is 0.251 e. The van der Waals surface area contributed by atoms with Gasteiger partial charge in [0, 0.05) is 23.5 Å². The SMILES string of the molecule is Cc1c(O)[nH]c(O)c1C(=O)[C@@H](NC(=O)CC(NC(=O)c1ccc2c(c1)OCO2)c1cccnc1)C(C)C. The number of fused-ring (bicyclic) bond motifs is 1. The van der Waals surface area contributed by atoms with E-state index in [1.165, 1.54) is 6.92 Å². The second kappa shape index (κ2) is 10.6. The van der Waals surface area contributed by atoms with Crippen molar-refractivity contribution in [1.29, 1.82) is 0 Å². The summed E-state index contributed by atoms with van der Waals surface area (Å²) >= 11 is 0. The van der Waals surface area contributed by atoms with Gasteiger partial charge in [-0.25, -0.2) is 0 Å². The first-order valence-corrected chi connectivity index (χ1v) is 11.7. The molecule has 0 spiro atoms. The zero-order valence-electron chi connectivity index (χ0n) is 20.6. The number of rotatable bonds is 9. The van der Waals surface area contributed by atoms with Gasteiger partial charge in [0.1, 0.15) is 0 Å². The number of Topliss-reactive ketones (excluding diaryl/α,β-unsaturated/α-hetero) is 1. The van der Waals surface area contributed by atoms with Crippen LogP contribution in [0.25, 0.3) is 0 Å². The number of ether oxygens (including phenoxy) is 2. The first-order valence-electron chi connectivity index (χ1n) is 11.7. The first-order chi connectivity index (χ1) is 17.7. The Bertz CT molecular complexity index is 1320. The van der Waals surface area contributed by atoms with Gasteiger partial charge in [0.15, 0.2) is 23.2 Å². The number of nitrogens with one attached hydrogen (secondary N) is 3. The molecule has 11 nitrogen and oxygen atoms in total. The summed E-state index contributed by atoms with van der Waals surface area (Å²) in [6.45, 7) is 5.07. The van der Waals surface area contributed by atoms with E-state index in [-0.39, 0.29) is 36.1 Å². The largest absolute Gasteiger partial charge is 0.494 e. The van der Waals surface area contributed by atoms with Gasteiger partial charge in [0.2, 0.25) is 18.6 Å². The molecule has 37 heavy (non-hydrogen) atoms. The lowest BCUT2D eigenvalue weighted by Gasteiger charge is -2.24. The summed E-state index contributed by atoms with van der Waals surface area (Å²) in [5.74, 6) is -1.59. The highest BCUT2D eigenvalue weighted by Gasteiger charge is 2.31. The average molecular weight is 509 g/mol. The van der Waals surface area contributed by atoms with Crippen molar-refractivity contribution in [2.75, 3.05) is 6.79 Å². The molecule has 11 heteroatoms. The average Bonchev–Trinajstić information content (AvgIpc) is 3.44. The van der Waals surface area contributed by atoms with E-state index in [0.717, 1.165) is 0 Å². The molecule has 0 saturated carbocycles. The maximum atomic E-state index is 13.2. The van der Waals surface area contributed by atoms with Gasteiger partial charge in [-0.1, -0.05) is 19.9 Å². The van der Waals surface area contributed by atoms with E-state index in [4.69, 9.17) is 9.47 Å². The number of amides is 2. The second-order valence-electron chi connectivity index (χ2n) is 9.06. The highest BCUT2D eigenvalue weighted by Crippen LogP contribution is 2.33. The molecule has 2 atom stereocenters. The van der Waals surface area contributed by atoms with E-state index in [2.05, 4.69) is 20.6 Å². The van der Waals surface area contributed by atoms with Crippen LogP contribution in [0.15, 0.2) is 42.7 Å². The molecule has 1 aromatic carbocycles. The van der Waals surface area contributed by atoms with Gasteiger partial charge in [0.05, 0.1) is 24.1 Å². The van der Waals surface area contributed by atoms with Crippen LogP contribution in [-0.2, 0) is 4.79 Å². The Morgan fingerprint density at radius 3 is 2.49 bits per heavy atom. The van der Waals surface area contributed by atoms with Crippen molar-refractivity contribution in [2.45, 2.75) is 39.3 Å². The number of H-pyrrole nitrogens is 1. The van der Waals surface area contributed by atoms with Crippen LogP contribution in [0.2, 0.25) is 0 Å². The van der Waals surface area contributed by atoms with Gasteiger partial charge in [-0.2, -0.15) is 0 Å². The maximum absolute atomic E-state index is 13.2. The quantitative estimate of drug-likeness (QED) is 0.276. The summed E-state index contributed by atoms with van der Waals surface area (Å²) in [7, 11) is 0. The van der Waals surface area contributed by atoms with Crippen LogP contribution >= 0.6 is 0 Å². The molecular formula is C26H28N4O7. The maximum Gasteiger partial charge on any atom is 0.251 e. The van der Waals surface area contributed by atoms with Gasteiger partial charge in [-0.15, -0.1) is 0 Å². The van der Waals surface area contributed by atoms with Crippen molar-refractivity contribution in [3.63, 3.8) is 0 Å². The van der Waals surface area contributed by atoms with Crippen LogP contribution in [0.5, 0.6) is 23.3 Å². The number of aromatic amines is 1. The number of benzene rings is 1. The van der Waals surface area contributed by atoms with Crippen molar-refractivity contribution in [3.05, 3.63) is 65.0 Å². The number of aromatic hydroxyl groups is 2. The van der Waals surface area contributed by atoms with Crippen LogP contribution in [0.4, 0.5) is 0 Å². The molecular weight excluding hydrogens is 480 g/mol. The molecule has 2 aromatic heterocycles. The van der Waals surface area contributed by atoms with Crippen molar-refractivity contribution in [1.82, 2.24) is 20.6 Å². The normalized spacial score (nSPS) is 13.7. The van der Waals surface area contributed by atoms with Crippen LogP contribution in [-0.4, -0.2) is 50.6 Å². The first kappa shape index (κ1) is 25.5. The van der Waals surface area contributed by atoms with Crippen molar-refractivity contribution in [2.24, 2.45) is 5.92 Å². The van der Waals surface area contributed by atoms with Crippen molar-refractivity contribution < 1.29 is 34.1 Å². The fourth-order valence-corrected chi connectivity index (χ4v) is 4.09. The van der Waals surface area contributed by atoms with E-state index >= 15 is 0 Å². The van der Waals surface area contributed by atoms with Crippen molar-refractivity contribution in [3.8, 4) is 23.3 Å². The van der Waals surface area contributed by atoms with E-state index in [1.54, 1.807) is 56.6 Å². The summed E-state index contributed by atoms with van der Waals surface area (Å²) in [5.41, 5.74) is 1.03. The van der Waals surface area contributed by atoms with Crippen LogP contribution < -0.4 is 20.1 Å². The highest BCUT2D eigenvalue weighted by atomic mass is 16.7. The minimum absolute atomic E-state index is 0.0777. The van der Waals surface area contributed by atoms with Gasteiger partial charge in [0.25, 0.3) is 5.91 Å². The van der Waals surface area contributed by atoms with E-state index in [0.29, 0.717) is 22.6 Å². The predicted molar refractivity (Wildman–Crippen MR) is 132 cm³/mol. The number of hydrogen-bond acceptors (Lipinski definition) is 8. The Kier molecular flexibility index (Phi) is 7.32. The third kappa shape index (κ3) is 5.50. The van der Waals surface area contributed by atoms with E-state index in [1.807, 2.05) is 0 Å². The zero-order valence-corrected chi connectivity index (χ0v) is 20.6. The number of nitrogens with zero attached hydrogens (tertiary/aromatic N) is 1. The molecule has 0 radical (unpaired) electrons. The number of ketones is 1. The molecule has 5 N–H and O–H groups in total. The topological polar surface area (TPSA) is 163 Å². The fraction of sp³-hybridized carbons (Fsp3) is 0.308. The molecule has 3 heterocycles. The van der Waals surface area contributed by atoms with Crippen LogP contribution in [0.1, 0.15) is 58.2 Å². The number of carbonyl (C=O) groups is 3. The molecule has 3 aromatic rings. The molecule has 0 bridgehead atoms. The lowest BCUT2D eigenvalue weighted by molar-refractivity contribution is -0.122. The van der Waals surface area contributed by atoms with Gasteiger partial charge in [-0.05, 0) is 42.7 Å². The van der Waals surface area contributed by atoms with Crippen LogP contribution in [0, 0.1) is 12.8 Å². The minimum atomic E-state index is -0.980. The summed E-state index contributed by atoms with van der Waals surface area (Å²) < 4.78 is 10.6. The summed E-state index contributed by atoms with van der Waals surface area (Å²) in [5, 5.41) is 25.5. The predicted octanol–water partition coefficient (Wildman–Crippen LogP) is 2.74. The molecule has 4 rings (SSSR count). The molecule has 0 fully saturated rings. The molecule has 0 aliphatic carbocycles. The fourth-order valence-electron chi connectivity index (χ4n) is 4.09. The number of pyridine rings is 1. The van der Waals surface area contributed by atoms with Gasteiger partial charge in [-0.3, -0.25) is 24.4 Å². The summed E-state index contributed by atoms with van der Waals surface area (Å²) in [6, 6.07) is 6.49. The molecule has 1 unspecified atom stereocenters. The monoisotopic (exact) mass is 508 g/mol. The second-order valence-corrected chi connectivity index (χ2v) is 9.06. The van der Waals surface area contributed by atoms with Crippen molar-refractivity contribution >= 4 is 17.6 Å². The Morgan fingerprint density at radius 1 is 1.08 bits per heavy atom. The standard InChI is InChI=1S/C26H28N4O7/c1-13(2)22(23(32)21-14(3)24(33)30-26(21)35)29-20(31)10-17(16-5-4-8-27-11-16)28-25(34)15-6-7-18-19(9-15)37-12-36-18/h4-9,11,13,17,22,30,33,35H,10,12H2,1-3H3,(H,28,34)(H,29,31)/t17?,22-/m0/s1. The molecule has 1 aliphatic heterocycles. The molecule has 0 saturated heterocycles. The minimum Gasteiger partial charge on any atom is -0.494 e.